The Morgan fingerprint density at radius 1 is 1.38 bits per heavy atom. The Morgan fingerprint density at radius 2 is 1.88 bits per heavy atom. The average molecular weight is 116 g/mol. The van der Waals surface area contributed by atoms with Crippen LogP contribution in [0.5, 0.6) is 0 Å². The highest BCUT2D eigenvalue weighted by Gasteiger charge is 2.37. The molecule has 0 atom stereocenters. The number of quaternary nitrogens is 1. The molecule has 1 heterocycles. The van der Waals surface area contributed by atoms with Crippen molar-refractivity contribution < 1.29 is 9.85 Å². The summed E-state index contributed by atoms with van der Waals surface area (Å²) in [4.78, 5) is 0. The van der Waals surface area contributed by atoms with Gasteiger partial charge in [0.15, 0.2) is 0 Å². The van der Waals surface area contributed by atoms with Gasteiger partial charge in [-0.15, -0.1) is 0 Å². The van der Waals surface area contributed by atoms with Crippen LogP contribution in [-0.2, 0) is 0 Å². The molecule has 0 amide bonds. The monoisotopic (exact) mass is 116 g/mol. The van der Waals surface area contributed by atoms with E-state index in [4.69, 9.17) is 0 Å². The van der Waals surface area contributed by atoms with Crippen molar-refractivity contribution in [2.45, 2.75) is 26.3 Å². The van der Waals surface area contributed by atoms with Crippen molar-refractivity contribution in [1.82, 2.24) is 0 Å². The summed E-state index contributed by atoms with van der Waals surface area (Å²) < 4.78 is 0.306. The molecular weight excluding hydrogens is 102 g/mol. The van der Waals surface area contributed by atoms with Gasteiger partial charge >= 0.3 is 0 Å². The van der Waals surface area contributed by atoms with Gasteiger partial charge in [0.1, 0.15) is 19.1 Å². The molecule has 0 saturated carbocycles. The van der Waals surface area contributed by atoms with Gasteiger partial charge in [0.2, 0.25) is 0 Å². The van der Waals surface area contributed by atoms with Gasteiger partial charge in [-0.05, 0) is 13.8 Å². The lowest BCUT2D eigenvalue weighted by Gasteiger charge is -2.40. The van der Waals surface area contributed by atoms with Crippen LogP contribution in [0.1, 0.15) is 20.3 Å². The fourth-order valence-corrected chi connectivity index (χ4v) is 0.999. The van der Waals surface area contributed by atoms with Crippen LogP contribution in [0.15, 0.2) is 0 Å². The Hall–Kier alpha value is -0.0800. The first-order valence-corrected chi connectivity index (χ1v) is 3.25. The quantitative estimate of drug-likeness (QED) is 0.507. The summed E-state index contributed by atoms with van der Waals surface area (Å²) >= 11 is 0. The molecule has 0 aliphatic carbocycles. The van der Waals surface area contributed by atoms with Crippen LogP contribution in [-0.4, -0.2) is 29.0 Å². The molecule has 1 saturated heterocycles. The lowest BCUT2D eigenvalue weighted by molar-refractivity contribution is -1.14. The summed E-state index contributed by atoms with van der Waals surface area (Å²) in [5, 5.41) is 9.42. The molecule has 1 fully saturated rings. The topological polar surface area (TPSA) is 20.2 Å². The summed E-state index contributed by atoms with van der Waals surface area (Å²) in [6.45, 7) is 6.02. The first-order chi connectivity index (χ1) is 3.65. The van der Waals surface area contributed by atoms with Crippen molar-refractivity contribution >= 4 is 0 Å². The Morgan fingerprint density at radius 3 is 1.88 bits per heavy atom. The van der Waals surface area contributed by atoms with Crippen LogP contribution in [0.3, 0.4) is 0 Å². The second-order valence-corrected chi connectivity index (χ2v) is 2.88. The molecule has 2 heteroatoms. The first-order valence-electron chi connectivity index (χ1n) is 3.25. The highest BCUT2D eigenvalue weighted by atomic mass is 16.6. The zero-order valence-electron chi connectivity index (χ0n) is 5.59. The van der Waals surface area contributed by atoms with Crippen molar-refractivity contribution in [3.63, 3.8) is 0 Å². The lowest BCUT2D eigenvalue weighted by atomic mass is 10.1. The van der Waals surface area contributed by atoms with Crippen LogP contribution in [0.2, 0.25) is 0 Å². The highest BCUT2D eigenvalue weighted by Crippen LogP contribution is 2.19. The predicted molar refractivity (Wildman–Crippen MR) is 31.5 cm³/mol. The number of nitrogens with zero attached hydrogens (tertiary/aromatic N) is 1. The fourth-order valence-electron chi connectivity index (χ4n) is 0.999. The number of hydrogen-bond acceptors (Lipinski definition) is 1. The molecule has 0 spiro atoms. The second-order valence-electron chi connectivity index (χ2n) is 2.88. The number of likely N-dealkylation sites (tertiary alicyclic amines) is 1. The van der Waals surface area contributed by atoms with Gasteiger partial charge in [-0.25, -0.2) is 5.21 Å². The highest BCUT2D eigenvalue weighted by molar-refractivity contribution is 4.51. The molecule has 0 radical (unpaired) electrons. The Bertz CT molecular complexity index is 86.5. The molecule has 0 unspecified atom stereocenters. The van der Waals surface area contributed by atoms with Crippen molar-refractivity contribution in [3.05, 3.63) is 0 Å². The normalized spacial score (nSPS) is 25.5. The molecule has 1 N–H and O–H groups in total. The van der Waals surface area contributed by atoms with E-state index < -0.39 is 0 Å². The molecule has 0 aromatic heterocycles. The minimum atomic E-state index is 0.306. The summed E-state index contributed by atoms with van der Waals surface area (Å²) in [5.41, 5.74) is 0. The maximum Gasteiger partial charge on any atom is 0.114 e. The van der Waals surface area contributed by atoms with Crippen LogP contribution < -0.4 is 0 Å². The fraction of sp³-hybridized carbons (Fsp3) is 1.00. The van der Waals surface area contributed by atoms with Crippen LogP contribution in [0.25, 0.3) is 0 Å². The third-order valence-electron chi connectivity index (χ3n) is 2.05. The molecule has 2 nitrogen and oxygen atoms in total. The van der Waals surface area contributed by atoms with Crippen LogP contribution >= 0.6 is 0 Å². The van der Waals surface area contributed by atoms with Crippen molar-refractivity contribution in [2.24, 2.45) is 0 Å². The molecule has 8 heavy (non-hydrogen) atoms. The van der Waals surface area contributed by atoms with Crippen LogP contribution in [0.4, 0.5) is 0 Å². The van der Waals surface area contributed by atoms with Gasteiger partial charge in [-0.3, -0.25) is 0 Å². The number of hydrogen-bond donors (Lipinski definition) is 1. The van der Waals surface area contributed by atoms with E-state index in [1.807, 2.05) is 0 Å². The Kier molecular flexibility index (Phi) is 1.29. The van der Waals surface area contributed by atoms with E-state index in [0.29, 0.717) is 10.7 Å². The summed E-state index contributed by atoms with van der Waals surface area (Å²) in [5.74, 6) is 0. The summed E-state index contributed by atoms with van der Waals surface area (Å²) in [6, 6.07) is 0.392. The van der Waals surface area contributed by atoms with E-state index in [9.17, 15) is 5.21 Å². The van der Waals surface area contributed by atoms with E-state index in [0.717, 1.165) is 13.1 Å². The Labute approximate surface area is 50.3 Å². The molecule has 1 aliphatic rings. The van der Waals surface area contributed by atoms with Crippen molar-refractivity contribution in [1.29, 1.82) is 0 Å². The van der Waals surface area contributed by atoms with E-state index in [2.05, 4.69) is 13.8 Å². The van der Waals surface area contributed by atoms with Crippen molar-refractivity contribution in [3.8, 4) is 0 Å². The lowest BCUT2D eigenvalue weighted by Crippen LogP contribution is -2.59. The van der Waals surface area contributed by atoms with Gasteiger partial charge in [-0.1, -0.05) is 0 Å². The number of rotatable bonds is 1. The smallest absolute Gasteiger partial charge is 0.114 e. The van der Waals surface area contributed by atoms with E-state index in [1.165, 1.54) is 6.42 Å². The maximum atomic E-state index is 9.42. The third kappa shape index (κ3) is 0.740. The number of hydroxylamine groups is 3. The minimum Gasteiger partial charge on any atom is -0.217 e. The van der Waals surface area contributed by atoms with E-state index >= 15 is 0 Å². The molecule has 1 rings (SSSR count). The largest absolute Gasteiger partial charge is 0.217 e. The van der Waals surface area contributed by atoms with Gasteiger partial charge in [-0.2, -0.15) is 4.65 Å². The van der Waals surface area contributed by atoms with Gasteiger partial charge in [0.25, 0.3) is 0 Å². The molecule has 0 aromatic carbocycles. The first kappa shape index (κ1) is 6.05. The van der Waals surface area contributed by atoms with Crippen molar-refractivity contribution in [2.75, 3.05) is 13.1 Å². The average Bonchev–Trinajstić information content (AvgIpc) is 1.60. The molecular formula is C6H14NO+. The third-order valence-corrected chi connectivity index (χ3v) is 2.05. The minimum absolute atomic E-state index is 0.306. The van der Waals surface area contributed by atoms with Crippen LogP contribution in [0, 0.1) is 0 Å². The maximum absolute atomic E-state index is 9.42. The zero-order valence-corrected chi connectivity index (χ0v) is 5.59. The molecule has 48 valence electrons. The second kappa shape index (κ2) is 1.71. The summed E-state index contributed by atoms with van der Waals surface area (Å²) in [7, 11) is 0. The SMILES string of the molecule is CC(C)[N+]1(O)CCC1. The zero-order chi connectivity index (χ0) is 6.20. The molecule has 0 bridgehead atoms. The standard InChI is InChI=1S/C6H14NO/c1-6(2)7(8)4-3-5-7/h6,8H,3-5H2,1-2H3/q+1. The van der Waals surface area contributed by atoms with E-state index in [-0.39, 0.29) is 0 Å². The predicted octanol–water partition coefficient (Wildman–Crippen LogP) is 1.00. The van der Waals surface area contributed by atoms with Gasteiger partial charge in [0, 0.05) is 0 Å². The van der Waals surface area contributed by atoms with Gasteiger partial charge in [0.05, 0.1) is 6.42 Å². The van der Waals surface area contributed by atoms with Gasteiger partial charge < -0.3 is 0 Å². The van der Waals surface area contributed by atoms with E-state index in [1.54, 1.807) is 0 Å². The molecule has 0 aromatic rings. The Balaban J connectivity index is 2.41. The molecule has 1 aliphatic heterocycles. The summed E-state index contributed by atoms with van der Waals surface area (Å²) in [6.07, 6.45) is 1.19.